The molecule has 1 saturated heterocycles. The molecule has 2 heterocycles. The first-order valence-corrected chi connectivity index (χ1v) is 23.8. The van der Waals surface area contributed by atoms with E-state index in [9.17, 15) is 19.2 Å². The summed E-state index contributed by atoms with van der Waals surface area (Å²) in [5.41, 5.74) is 0.809. The second-order valence-corrected chi connectivity index (χ2v) is 16.5. The van der Waals surface area contributed by atoms with Crippen LogP contribution in [0.5, 0.6) is 0 Å². The summed E-state index contributed by atoms with van der Waals surface area (Å²) in [6, 6.07) is 0. The Morgan fingerprint density at radius 1 is 0.613 bits per heavy atom. The van der Waals surface area contributed by atoms with E-state index in [-0.39, 0.29) is 29.4 Å². The molecule has 62 heavy (non-hydrogen) atoms. The average molecular weight is 881 g/mol. The Labute approximate surface area is 371 Å². The number of amides is 2. The van der Waals surface area contributed by atoms with Crippen molar-refractivity contribution in [2.75, 3.05) is 112 Å². The van der Waals surface area contributed by atoms with Crippen LogP contribution in [0.3, 0.4) is 0 Å². The maximum atomic E-state index is 12.9. The van der Waals surface area contributed by atoms with E-state index < -0.39 is 0 Å². The summed E-state index contributed by atoms with van der Waals surface area (Å²) in [5, 5.41) is 8.42. The van der Waals surface area contributed by atoms with E-state index in [2.05, 4.69) is 10.3 Å². The summed E-state index contributed by atoms with van der Waals surface area (Å²) in [6.07, 6.45) is 14.7. The highest BCUT2D eigenvalue weighted by molar-refractivity contribution is 6.03. The molecule has 0 N–H and O–H groups in total. The molecule has 0 radical (unpaired) electrons. The monoisotopic (exact) mass is 881 g/mol. The van der Waals surface area contributed by atoms with E-state index in [0.29, 0.717) is 163 Å². The molecule has 16 nitrogen and oxygen atoms in total. The summed E-state index contributed by atoms with van der Waals surface area (Å²) >= 11 is 0. The van der Waals surface area contributed by atoms with E-state index in [4.69, 9.17) is 37.9 Å². The molecule has 1 aliphatic heterocycles. The van der Waals surface area contributed by atoms with Gasteiger partial charge in [0.15, 0.2) is 0 Å². The number of carbonyl (C=O) groups excluding carboxylic acids is 4. The predicted octanol–water partition coefficient (Wildman–Crippen LogP) is 5.60. The maximum absolute atomic E-state index is 12.9. The number of Topliss-reactive ketones (excluding diaryl/α,β-unsaturated/α-hetero) is 2. The molecule has 0 bridgehead atoms. The zero-order chi connectivity index (χ0) is 44.3. The number of aromatic nitrogens is 3. The molecule has 2 aliphatic rings. The normalized spacial score (nSPS) is 18.0. The van der Waals surface area contributed by atoms with E-state index in [1.165, 1.54) is 4.90 Å². The van der Waals surface area contributed by atoms with Crippen molar-refractivity contribution >= 4 is 23.4 Å². The minimum atomic E-state index is -0.205. The number of rotatable bonds is 42. The van der Waals surface area contributed by atoms with Crippen molar-refractivity contribution in [3.05, 3.63) is 11.9 Å². The van der Waals surface area contributed by atoms with Gasteiger partial charge in [0.05, 0.1) is 18.8 Å². The van der Waals surface area contributed by atoms with E-state index in [0.717, 1.165) is 82.7 Å². The minimum absolute atomic E-state index is 0.0479. The Kier molecular flexibility index (Phi) is 30.8. The van der Waals surface area contributed by atoms with Crippen LogP contribution in [0.2, 0.25) is 0 Å². The molecule has 3 rings (SSSR count). The highest BCUT2D eigenvalue weighted by Gasteiger charge is 2.37. The van der Waals surface area contributed by atoms with Crippen LogP contribution in [-0.4, -0.2) is 156 Å². The third-order valence-corrected chi connectivity index (χ3v) is 11.1. The van der Waals surface area contributed by atoms with Crippen LogP contribution in [0.1, 0.15) is 122 Å². The molecule has 1 atom stereocenters. The van der Waals surface area contributed by atoms with Gasteiger partial charge in [-0.15, -0.1) is 5.10 Å². The van der Waals surface area contributed by atoms with Crippen LogP contribution >= 0.6 is 0 Å². The second kappa shape index (κ2) is 35.6. The van der Waals surface area contributed by atoms with E-state index in [1.807, 2.05) is 20.0 Å². The first-order chi connectivity index (χ1) is 30.4. The lowest BCUT2D eigenvalue weighted by molar-refractivity contribution is -0.140. The number of likely N-dealkylation sites (tertiary alicyclic amines) is 1. The lowest BCUT2D eigenvalue weighted by Crippen LogP contribution is -2.36. The zero-order valence-corrected chi connectivity index (χ0v) is 38.2. The van der Waals surface area contributed by atoms with Crippen molar-refractivity contribution in [3.8, 4) is 0 Å². The number of carbonyl (C=O) groups is 4. The van der Waals surface area contributed by atoms with Crippen LogP contribution in [0.25, 0.3) is 0 Å². The van der Waals surface area contributed by atoms with Crippen LogP contribution in [0.4, 0.5) is 0 Å². The van der Waals surface area contributed by atoms with E-state index >= 15 is 0 Å². The molecule has 1 saturated carbocycles. The molecule has 2 amide bonds. The smallest absolute Gasteiger partial charge is 0.232 e. The van der Waals surface area contributed by atoms with Crippen molar-refractivity contribution in [2.24, 2.45) is 17.8 Å². The average Bonchev–Trinajstić information content (AvgIpc) is 3.84. The largest absolute Gasteiger partial charge is 0.381 e. The van der Waals surface area contributed by atoms with Crippen LogP contribution in [0.15, 0.2) is 6.20 Å². The number of hydrogen-bond donors (Lipinski definition) is 0. The molecule has 0 aromatic carbocycles. The number of nitrogens with zero attached hydrogens (tertiary/aromatic N) is 4. The van der Waals surface area contributed by atoms with Gasteiger partial charge in [0.25, 0.3) is 0 Å². The van der Waals surface area contributed by atoms with Gasteiger partial charge in [0, 0.05) is 156 Å². The molecule has 356 valence electrons. The summed E-state index contributed by atoms with van der Waals surface area (Å²) in [7, 11) is 0. The van der Waals surface area contributed by atoms with Gasteiger partial charge in [-0.2, -0.15) is 0 Å². The molecular weight excluding hydrogens is 801 g/mol. The van der Waals surface area contributed by atoms with Crippen LogP contribution in [-0.2, 0) is 70.0 Å². The van der Waals surface area contributed by atoms with Gasteiger partial charge in [-0.1, -0.05) is 19.1 Å². The standard InChI is InChI=1S/C46H80N4O12/c1-3-43(51)12-4-20-55-21-5-22-56-23-6-24-57-25-7-26-58-27-8-28-59-29-9-30-60-31-10-32-61-33-11-34-62-35-19-49-38-42(47-48-49)17-18-44(52)41-15-13-40(14-16-41)37-50-45(53)36-39(2)46(50)54/h38-41H,3-37H2,1-2H3. The number of imide groups is 1. The Hall–Kier alpha value is -2.70. The van der Waals surface area contributed by atoms with Crippen molar-refractivity contribution in [1.29, 1.82) is 0 Å². The molecular formula is C46H80N4O12. The Morgan fingerprint density at radius 2 is 1.05 bits per heavy atom. The van der Waals surface area contributed by atoms with E-state index in [1.54, 1.807) is 4.68 Å². The summed E-state index contributed by atoms with van der Waals surface area (Å²) in [6.45, 7) is 15.4. The van der Waals surface area contributed by atoms with Gasteiger partial charge in [0.1, 0.15) is 11.6 Å². The fraction of sp³-hybridized carbons (Fsp3) is 0.870. The topological polar surface area (TPSA) is 176 Å². The SMILES string of the molecule is CCC(=O)CCCOCCCOCCCOCCCOCCCOCCCOCCCOCCCOCCn1cc(CCC(=O)C2CCC(CN3C(=O)CC(C)C3=O)CC2)nn1. The van der Waals surface area contributed by atoms with Crippen molar-refractivity contribution < 1.29 is 57.1 Å². The highest BCUT2D eigenvalue weighted by Crippen LogP contribution is 2.32. The van der Waals surface area contributed by atoms with Gasteiger partial charge >= 0.3 is 0 Å². The number of ketones is 2. The quantitative estimate of drug-likeness (QED) is 0.0586. The Bertz CT molecular complexity index is 1320. The van der Waals surface area contributed by atoms with Gasteiger partial charge in [-0.3, -0.25) is 24.1 Å². The van der Waals surface area contributed by atoms with Gasteiger partial charge in [-0.05, 0) is 83.0 Å². The number of hydrogen-bond acceptors (Lipinski definition) is 14. The van der Waals surface area contributed by atoms with Crippen molar-refractivity contribution in [1.82, 2.24) is 19.9 Å². The maximum Gasteiger partial charge on any atom is 0.232 e. The van der Waals surface area contributed by atoms with Gasteiger partial charge < -0.3 is 37.9 Å². The first kappa shape index (κ1) is 53.6. The fourth-order valence-electron chi connectivity index (χ4n) is 7.35. The lowest BCUT2D eigenvalue weighted by Gasteiger charge is -2.30. The third kappa shape index (κ3) is 25.6. The second-order valence-electron chi connectivity index (χ2n) is 16.5. The molecule has 1 aliphatic carbocycles. The summed E-state index contributed by atoms with van der Waals surface area (Å²) < 4.78 is 47.0. The lowest BCUT2D eigenvalue weighted by atomic mass is 9.79. The highest BCUT2D eigenvalue weighted by atomic mass is 16.5. The number of ether oxygens (including phenoxy) is 8. The molecule has 1 aromatic rings. The summed E-state index contributed by atoms with van der Waals surface area (Å²) in [5.74, 6) is 0.588. The first-order valence-electron chi connectivity index (χ1n) is 23.8. The van der Waals surface area contributed by atoms with Crippen molar-refractivity contribution in [3.63, 3.8) is 0 Å². The van der Waals surface area contributed by atoms with Crippen LogP contribution in [0, 0.1) is 17.8 Å². The third-order valence-electron chi connectivity index (χ3n) is 11.1. The Balaban J connectivity index is 0.964. The summed E-state index contributed by atoms with van der Waals surface area (Å²) in [4.78, 5) is 49.9. The molecule has 2 fully saturated rings. The molecule has 0 spiro atoms. The predicted molar refractivity (Wildman–Crippen MR) is 233 cm³/mol. The van der Waals surface area contributed by atoms with Crippen LogP contribution < -0.4 is 0 Å². The molecule has 1 aromatic heterocycles. The number of aryl methyl sites for hydroxylation is 1. The van der Waals surface area contributed by atoms with Gasteiger partial charge in [0.2, 0.25) is 11.8 Å². The van der Waals surface area contributed by atoms with Crippen molar-refractivity contribution in [2.45, 2.75) is 130 Å². The molecule has 1 unspecified atom stereocenters. The zero-order valence-electron chi connectivity index (χ0n) is 38.2. The fourth-order valence-corrected chi connectivity index (χ4v) is 7.35. The van der Waals surface area contributed by atoms with Gasteiger partial charge in [-0.25, -0.2) is 4.68 Å². The minimum Gasteiger partial charge on any atom is -0.381 e. The molecule has 16 heteroatoms. The Morgan fingerprint density at radius 3 is 1.47 bits per heavy atom.